The normalized spacial score (nSPS) is 13.5. The Bertz CT molecular complexity index is 1390. The third-order valence-corrected chi connectivity index (χ3v) is 5.84. The molecule has 8 heteroatoms. The minimum atomic E-state index is -4.52. The highest BCUT2D eigenvalue weighted by molar-refractivity contribution is 6.10. The van der Waals surface area contributed by atoms with Crippen LogP contribution in [-0.4, -0.2) is 20.7 Å². The van der Waals surface area contributed by atoms with Crippen LogP contribution in [0.15, 0.2) is 67.0 Å². The van der Waals surface area contributed by atoms with E-state index >= 15 is 0 Å². The molecule has 5 nitrogen and oxygen atoms in total. The van der Waals surface area contributed by atoms with Gasteiger partial charge in [0.05, 0.1) is 12.1 Å². The van der Waals surface area contributed by atoms with Crippen LogP contribution >= 0.6 is 0 Å². The number of hydrogen-bond acceptors (Lipinski definition) is 3. The van der Waals surface area contributed by atoms with Gasteiger partial charge in [-0.25, -0.2) is 0 Å². The van der Waals surface area contributed by atoms with Gasteiger partial charge in [-0.15, -0.1) is 10.2 Å². The van der Waals surface area contributed by atoms with E-state index in [0.29, 0.717) is 17.1 Å². The van der Waals surface area contributed by atoms with Crippen LogP contribution in [0.1, 0.15) is 27.0 Å². The first-order chi connectivity index (χ1) is 15.7. The number of aromatic nitrogens is 3. The Morgan fingerprint density at radius 2 is 1.70 bits per heavy atom. The minimum Gasteiger partial charge on any atom is -0.317 e. The first-order valence-electron chi connectivity index (χ1n) is 10.3. The van der Waals surface area contributed by atoms with Crippen molar-refractivity contribution in [2.24, 2.45) is 7.05 Å². The van der Waals surface area contributed by atoms with Gasteiger partial charge in [-0.1, -0.05) is 36.4 Å². The molecule has 33 heavy (non-hydrogen) atoms. The molecule has 0 aliphatic carbocycles. The number of anilines is 1. The standard InChI is InChI=1S/C25H19F3N4O/c1-15-10-20-21(22(11-15)25(26,27)28)13-32(24(20)33)17-7-5-6-16(12-17)18-8-3-4-9-19(18)23-30-29-14-31(23)2/h3-12,14H,13H2,1-2H3. The summed E-state index contributed by atoms with van der Waals surface area (Å²) >= 11 is 0. The summed E-state index contributed by atoms with van der Waals surface area (Å²) in [6.07, 6.45) is -2.91. The topological polar surface area (TPSA) is 51.0 Å². The van der Waals surface area contributed by atoms with Crippen molar-refractivity contribution in [2.75, 3.05) is 4.90 Å². The van der Waals surface area contributed by atoms with E-state index in [4.69, 9.17) is 0 Å². The highest BCUT2D eigenvalue weighted by atomic mass is 19.4. The van der Waals surface area contributed by atoms with Crippen LogP contribution in [0.3, 0.4) is 0 Å². The molecule has 2 heterocycles. The molecular weight excluding hydrogens is 429 g/mol. The Labute approximate surface area is 188 Å². The molecule has 0 atom stereocenters. The second-order valence-corrected chi connectivity index (χ2v) is 8.09. The summed E-state index contributed by atoms with van der Waals surface area (Å²) in [4.78, 5) is 14.5. The predicted molar refractivity (Wildman–Crippen MR) is 119 cm³/mol. The smallest absolute Gasteiger partial charge is 0.317 e. The quantitative estimate of drug-likeness (QED) is 0.408. The lowest BCUT2D eigenvalue weighted by Crippen LogP contribution is -2.23. The number of fused-ring (bicyclic) bond motifs is 1. The van der Waals surface area contributed by atoms with Crippen molar-refractivity contribution in [1.82, 2.24) is 14.8 Å². The second-order valence-electron chi connectivity index (χ2n) is 8.09. The highest BCUT2D eigenvalue weighted by Crippen LogP contribution is 2.40. The van der Waals surface area contributed by atoms with E-state index < -0.39 is 17.6 Å². The van der Waals surface area contributed by atoms with Crippen molar-refractivity contribution in [3.8, 4) is 22.5 Å². The highest BCUT2D eigenvalue weighted by Gasteiger charge is 2.40. The van der Waals surface area contributed by atoms with Crippen LogP contribution in [0.5, 0.6) is 0 Å². The maximum absolute atomic E-state index is 13.6. The number of hydrogen-bond donors (Lipinski definition) is 0. The number of halogens is 3. The fourth-order valence-electron chi connectivity index (χ4n) is 4.31. The van der Waals surface area contributed by atoms with Gasteiger partial charge in [0.2, 0.25) is 0 Å². The first-order valence-corrected chi connectivity index (χ1v) is 10.3. The molecule has 3 aromatic carbocycles. The van der Waals surface area contributed by atoms with Gasteiger partial charge in [-0.05, 0) is 53.4 Å². The van der Waals surface area contributed by atoms with E-state index in [1.54, 1.807) is 25.4 Å². The van der Waals surface area contributed by atoms with Gasteiger partial charge in [-0.2, -0.15) is 13.2 Å². The van der Waals surface area contributed by atoms with Crippen LogP contribution in [0.25, 0.3) is 22.5 Å². The third kappa shape index (κ3) is 3.57. The first kappa shape index (κ1) is 20.9. The molecule has 1 aliphatic heterocycles. The largest absolute Gasteiger partial charge is 0.416 e. The predicted octanol–water partition coefficient (Wildman–Crippen LogP) is 5.64. The number of benzene rings is 3. The molecule has 0 bridgehead atoms. The van der Waals surface area contributed by atoms with Gasteiger partial charge in [0.15, 0.2) is 5.82 Å². The van der Waals surface area contributed by atoms with E-state index in [2.05, 4.69) is 10.2 Å². The lowest BCUT2D eigenvalue weighted by Gasteiger charge is -2.18. The number of nitrogens with zero attached hydrogens (tertiary/aromatic N) is 4. The van der Waals surface area contributed by atoms with Crippen molar-refractivity contribution >= 4 is 11.6 Å². The Morgan fingerprint density at radius 1 is 0.939 bits per heavy atom. The van der Waals surface area contributed by atoms with Gasteiger partial charge < -0.3 is 9.47 Å². The maximum Gasteiger partial charge on any atom is 0.416 e. The third-order valence-electron chi connectivity index (χ3n) is 5.84. The molecule has 0 saturated carbocycles. The van der Waals surface area contributed by atoms with Crippen molar-refractivity contribution < 1.29 is 18.0 Å². The molecule has 5 rings (SSSR count). The monoisotopic (exact) mass is 448 g/mol. The van der Waals surface area contributed by atoms with Gasteiger partial charge in [0, 0.05) is 23.9 Å². The van der Waals surface area contributed by atoms with E-state index in [9.17, 15) is 18.0 Å². The van der Waals surface area contributed by atoms with Crippen molar-refractivity contribution in [1.29, 1.82) is 0 Å². The molecule has 0 fully saturated rings. The van der Waals surface area contributed by atoms with Crippen LogP contribution in [0.4, 0.5) is 18.9 Å². The molecule has 0 N–H and O–H groups in total. The Balaban J connectivity index is 1.57. The van der Waals surface area contributed by atoms with Crippen LogP contribution in [0, 0.1) is 6.92 Å². The average Bonchev–Trinajstić information content (AvgIpc) is 3.36. The number of amides is 1. The molecule has 4 aromatic rings. The van der Waals surface area contributed by atoms with Crippen molar-refractivity contribution in [2.45, 2.75) is 19.6 Å². The molecule has 1 aliphatic rings. The molecular formula is C25H19F3N4O. The average molecular weight is 448 g/mol. The Hall–Kier alpha value is -3.94. The lowest BCUT2D eigenvalue weighted by atomic mass is 9.98. The lowest BCUT2D eigenvalue weighted by molar-refractivity contribution is -0.138. The van der Waals surface area contributed by atoms with Crippen LogP contribution < -0.4 is 4.90 Å². The second kappa shape index (κ2) is 7.58. The summed E-state index contributed by atoms with van der Waals surface area (Å²) in [5.74, 6) is 0.254. The fourth-order valence-corrected chi connectivity index (χ4v) is 4.31. The summed E-state index contributed by atoms with van der Waals surface area (Å²) in [5, 5.41) is 8.14. The SMILES string of the molecule is Cc1cc2c(c(C(F)(F)F)c1)CN(c1cccc(-c3ccccc3-c3nncn3C)c1)C2=O. The van der Waals surface area contributed by atoms with Gasteiger partial charge in [0.25, 0.3) is 5.91 Å². The number of aryl methyl sites for hydroxylation is 2. The number of alkyl halides is 3. The van der Waals surface area contributed by atoms with Crippen molar-refractivity contribution in [3.63, 3.8) is 0 Å². The Kier molecular flexibility index (Phi) is 4.81. The molecule has 166 valence electrons. The summed E-state index contributed by atoms with van der Waals surface area (Å²) in [5.41, 5.74) is 2.87. The van der Waals surface area contributed by atoms with Crippen LogP contribution in [0.2, 0.25) is 0 Å². The van der Waals surface area contributed by atoms with E-state index in [-0.39, 0.29) is 17.7 Å². The van der Waals surface area contributed by atoms with E-state index in [0.717, 1.165) is 22.8 Å². The molecule has 1 aromatic heterocycles. The summed E-state index contributed by atoms with van der Waals surface area (Å²) in [7, 11) is 1.85. The number of rotatable bonds is 3. The van der Waals surface area contributed by atoms with Gasteiger partial charge in [-0.3, -0.25) is 4.79 Å². The molecule has 0 radical (unpaired) electrons. The summed E-state index contributed by atoms with van der Waals surface area (Å²) < 4.78 is 42.7. The van der Waals surface area contributed by atoms with E-state index in [1.165, 1.54) is 11.0 Å². The maximum atomic E-state index is 13.6. The van der Waals surface area contributed by atoms with Crippen molar-refractivity contribution in [3.05, 3.63) is 89.2 Å². The molecule has 0 saturated heterocycles. The Morgan fingerprint density at radius 3 is 2.39 bits per heavy atom. The minimum absolute atomic E-state index is 0.0167. The van der Waals surface area contributed by atoms with Gasteiger partial charge >= 0.3 is 6.18 Å². The van der Waals surface area contributed by atoms with Gasteiger partial charge in [0.1, 0.15) is 6.33 Å². The van der Waals surface area contributed by atoms with E-state index in [1.807, 2.05) is 48.0 Å². The number of carbonyl (C=O) groups is 1. The molecule has 0 spiro atoms. The zero-order valence-electron chi connectivity index (χ0n) is 17.9. The molecule has 0 unspecified atom stereocenters. The summed E-state index contributed by atoms with van der Waals surface area (Å²) in [6.45, 7) is 1.44. The van der Waals surface area contributed by atoms with Crippen LogP contribution in [-0.2, 0) is 19.8 Å². The zero-order valence-corrected chi connectivity index (χ0v) is 17.9. The molecule has 1 amide bonds. The summed E-state index contributed by atoms with van der Waals surface area (Å²) in [6, 6.07) is 17.6. The zero-order chi connectivity index (χ0) is 23.3. The fraction of sp³-hybridized carbons (Fsp3) is 0.160. The number of carbonyl (C=O) groups excluding carboxylic acids is 1.